The zero-order valence-corrected chi connectivity index (χ0v) is 10.8. The second-order valence-corrected chi connectivity index (χ2v) is 4.74. The third-order valence-electron chi connectivity index (χ3n) is 2.35. The number of rotatable bonds is 3. The number of hydrogen-bond acceptors (Lipinski definition) is 5. The van der Waals surface area contributed by atoms with Crippen LogP contribution in [0.4, 0.5) is 0 Å². The van der Waals surface area contributed by atoms with E-state index in [0.29, 0.717) is 12.3 Å². The van der Waals surface area contributed by atoms with Gasteiger partial charge in [0.25, 0.3) is 0 Å². The third-order valence-corrected chi connectivity index (χ3v) is 3.36. The fourth-order valence-corrected chi connectivity index (χ4v) is 2.48. The monoisotopic (exact) mass is 251 g/mol. The molecule has 0 unspecified atom stereocenters. The zero-order chi connectivity index (χ0) is 12.4. The molecule has 2 aromatic heterocycles. The van der Waals surface area contributed by atoms with Crippen molar-refractivity contribution >= 4 is 17.3 Å². The number of carbonyl (C=O) groups excluding carboxylic acids is 1. The standard InChI is InChI=1S/C12H13NO3S/c1-4-15-12(14)10-8(3)17-11(13-10)9-5-6-16-7(9)2/h5-6H,4H2,1-3H3. The van der Waals surface area contributed by atoms with Crippen LogP contribution in [-0.4, -0.2) is 17.6 Å². The molecule has 0 aromatic carbocycles. The molecule has 0 aliphatic heterocycles. The van der Waals surface area contributed by atoms with Crippen molar-refractivity contribution in [2.45, 2.75) is 20.8 Å². The molecule has 0 amide bonds. The van der Waals surface area contributed by atoms with Gasteiger partial charge in [0.1, 0.15) is 10.8 Å². The molecule has 0 N–H and O–H groups in total. The predicted octanol–water partition coefficient (Wildman–Crippen LogP) is 3.20. The molecule has 2 rings (SSSR count). The lowest BCUT2D eigenvalue weighted by Gasteiger charge is -1.97. The van der Waals surface area contributed by atoms with E-state index in [1.807, 2.05) is 19.9 Å². The number of aromatic nitrogens is 1. The average Bonchev–Trinajstić information content (AvgIpc) is 2.84. The van der Waals surface area contributed by atoms with E-state index in [1.54, 1.807) is 13.2 Å². The maximum absolute atomic E-state index is 11.6. The largest absolute Gasteiger partial charge is 0.469 e. The Morgan fingerprint density at radius 2 is 2.29 bits per heavy atom. The summed E-state index contributed by atoms with van der Waals surface area (Å²) in [6, 6.07) is 1.85. The molecule has 17 heavy (non-hydrogen) atoms. The van der Waals surface area contributed by atoms with Gasteiger partial charge in [0.05, 0.1) is 18.4 Å². The summed E-state index contributed by atoms with van der Waals surface area (Å²) in [4.78, 5) is 16.8. The van der Waals surface area contributed by atoms with Crippen molar-refractivity contribution in [3.8, 4) is 10.6 Å². The number of ether oxygens (including phenoxy) is 1. The molecular weight excluding hydrogens is 238 g/mol. The highest BCUT2D eigenvalue weighted by molar-refractivity contribution is 7.15. The highest BCUT2D eigenvalue weighted by Crippen LogP contribution is 2.30. The van der Waals surface area contributed by atoms with Crippen molar-refractivity contribution < 1.29 is 13.9 Å². The summed E-state index contributed by atoms with van der Waals surface area (Å²) in [6.45, 7) is 5.87. The summed E-state index contributed by atoms with van der Waals surface area (Å²) >= 11 is 1.47. The maximum atomic E-state index is 11.6. The Kier molecular flexibility index (Phi) is 3.28. The highest BCUT2D eigenvalue weighted by atomic mass is 32.1. The van der Waals surface area contributed by atoms with E-state index in [0.717, 1.165) is 21.2 Å². The summed E-state index contributed by atoms with van der Waals surface area (Å²) in [6.07, 6.45) is 1.62. The number of hydrogen-bond donors (Lipinski definition) is 0. The molecule has 5 heteroatoms. The van der Waals surface area contributed by atoms with E-state index in [2.05, 4.69) is 4.98 Å². The van der Waals surface area contributed by atoms with Gasteiger partial charge in [0.15, 0.2) is 5.69 Å². The van der Waals surface area contributed by atoms with E-state index >= 15 is 0 Å². The second kappa shape index (κ2) is 4.71. The lowest BCUT2D eigenvalue weighted by atomic mass is 10.3. The lowest BCUT2D eigenvalue weighted by molar-refractivity contribution is 0.0519. The van der Waals surface area contributed by atoms with Gasteiger partial charge in [-0.15, -0.1) is 11.3 Å². The number of thiazole rings is 1. The molecule has 0 bridgehead atoms. The first kappa shape index (κ1) is 11.9. The van der Waals surface area contributed by atoms with Gasteiger partial charge in [-0.2, -0.15) is 0 Å². The minimum atomic E-state index is -0.367. The summed E-state index contributed by atoms with van der Waals surface area (Å²) in [7, 11) is 0. The van der Waals surface area contributed by atoms with Gasteiger partial charge in [-0.25, -0.2) is 9.78 Å². The Balaban J connectivity index is 2.37. The molecule has 0 atom stereocenters. The van der Waals surface area contributed by atoms with E-state index < -0.39 is 0 Å². The second-order valence-electron chi connectivity index (χ2n) is 3.53. The van der Waals surface area contributed by atoms with E-state index in [1.165, 1.54) is 11.3 Å². The Morgan fingerprint density at radius 1 is 1.53 bits per heavy atom. The molecule has 2 heterocycles. The Morgan fingerprint density at radius 3 is 2.88 bits per heavy atom. The zero-order valence-electron chi connectivity index (χ0n) is 9.94. The predicted molar refractivity (Wildman–Crippen MR) is 65.2 cm³/mol. The molecule has 0 spiro atoms. The third kappa shape index (κ3) is 2.24. The van der Waals surface area contributed by atoms with Crippen LogP contribution < -0.4 is 0 Å². The summed E-state index contributed by atoms with van der Waals surface area (Å²) in [5, 5.41) is 0.789. The summed E-state index contributed by atoms with van der Waals surface area (Å²) in [5.41, 5.74) is 1.32. The highest BCUT2D eigenvalue weighted by Gasteiger charge is 2.18. The van der Waals surface area contributed by atoms with Gasteiger partial charge in [0, 0.05) is 4.88 Å². The Hall–Kier alpha value is -1.62. The van der Waals surface area contributed by atoms with Gasteiger partial charge in [-0.1, -0.05) is 0 Å². The Bertz CT molecular complexity index is 542. The van der Waals surface area contributed by atoms with Crippen molar-refractivity contribution in [1.82, 2.24) is 4.98 Å². The molecule has 0 radical (unpaired) electrons. The minimum Gasteiger partial charge on any atom is -0.469 e. The van der Waals surface area contributed by atoms with E-state index in [-0.39, 0.29) is 5.97 Å². The summed E-state index contributed by atoms with van der Waals surface area (Å²) in [5.74, 6) is 0.433. The molecule has 0 saturated carbocycles. The number of aryl methyl sites for hydroxylation is 2. The molecule has 0 saturated heterocycles. The normalized spacial score (nSPS) is 10.5. The molecule has 0 fully saturated rings. The van der Waals surface area contributed by atoms with Crippen molar-refractivity contribution in [3.63, 3.8) is 0 Å². The van der Waals surface area contributed by atoms with Gasteiger partial charge >= 0.3 is 5.97 Å². The first-order valence-corrected chi connectivity index (χ1v) is 6.14. The van der Waals surface area contributed by atoms with E-state index in [9.17, 15) is 4.79 Å². The number of furan rings is 1. The van der Waals surface area contributed by atoms with Gasteiger partial charge in [-0.05, 0) is 26.8 Å². The first-order chi connectivity index (χ1) is 8.13. The Labute approximate surface area is 103 Å². The molecule has 90 valence electrons. The minimum absolute atomic E-state index is 0.357. The number of nitrogens with zero attached hydrogens (tertiary/aromatic N) is 1. The maximum Gasteiger partial charge on any atom is 0.358 e. The SMILES string of the molecule is CCOC(=O)c1nc(-c2ccoc2C)sc1C. The van der Waals surface area contributed by atoms with Crippen LogP contribution in [0.1, 0.15) is 28.0 Å². The molecule has 2 aromatic rings. The van der Waals surface area contributed by atoms with Crippen LogP contribution in [-0.2, 0) is 4.74 Å². The van der Waals surface area contributed by atoms with Crippen LogP contribution in [0.2, 0.25) is 0 Å². The molecular formula is C12H13NO3S. The fourth-order valence-electron chi connectivity index (χ4n) is 1.51. The van der Waals surface area contributed by atoms with Crippen LogP contribution in [0.5, 0.6) is 0 Å². The molecule has 0 aliphatic rings. The van der Waals surface area contributed by atoms with Crippen LogP contribution in [0.3, 0.4) is 0 Å². The number of carbonyl (C=O) groups is 1. The van der Waals surface area contributed by atoms with Crippen molar-refractivity contribution in [1.29, 1.82) is 0 Å². The van der Waals surface area contributed by atoms with Crippen LogP contribution >= 0.6 is 11.3 Å². The van der Waals surface area contributed by atoms with Crippen molar-refractivity contribution in [2.75, 3.05) is 6.61 Å². The van der Waals surface area contributed by atoms with Crippen LogP contribution in [0.25, 0.3) is 10.6 Å². The van der Waals surface area contributed by atoms with Gasteiger partial charge in [0.2, 0.25) is 0 Å². The lowest BCUT2D eigenvalue weighted by Crippen LogP contribution is -2.06. The van der Waals surface area contributed by atoms with Gasteiger partial charge in [-0.3, -0.25) is 0 Å². The van der Waals surface area contributed by atoms with Crippen LogP contribution in [0.15, 0.2) is 16.7 Å². The van der Waals surface area contributed by atoms with E-state index in [4.69, 9.17) is 9.15 Å². The molecule has 0 aliphatic carbocycles. The summed E-state index contributed by atoms with van der Waals surface area (Å²) < 4.78 is 10.2. The van der Waals surface area contributed by atoms with Crippen molar-refractivity contribution in [3.05, 3.63) is 28.7 Å². The first-order valence-electron chi connectivity index (χ1n) is 5.32. The number of esters is 1. The smallest absolute Gasteiger partial charge is 0.358 e. The average molecular weight is 251 g/mol. The van der Waals surface area contributed by atoms with Gasteiger partial charge < -0.3 is 9.15 Å². The van der Waals surface area contributed by atoms with Crippen LogP contribution in [0, 0.1) is 13.8 Å². The topological polar surface area (TPSA) is 52.3 Å². The fraction of sp³-hybridized carbons (Fsp3) is 0.333. The molecule has 4 nitrogen and oxygen atoms in total. The van der Waals surface area contributed by atoms with Crippen molar-refractivity contribution in [2.24, 2.45) is 0 Å². The quantitative estimate of drug-likeness (QED) is 0.786.